The second-order valence-corrected chi connectivity index (χ2v) is 2.43. The van der Waals surface area contributed by atoms with E-state index in [0.717, 1.165) is 0 Å². The molecule has 1 heterocycles. The Bertz CT molecular complexity index is 90.9. The quantitative estimate of drug-likeness (QED) is 0.526. The number of hydrogen-bond donors (Lipinski definition) is 0. The summed E-state index contributed by atoms with van der Waals surface area (Å²) in [6.07, 6.45) is 0.0287. The lowest BCUT2D eigenvalue weighted by molar-refractivity contribution is -0.0478. The molecule has 0 amide bonds. The van der Waals surface area contributed by atoms with Crippen molar-refractivity contribution in [3.8, 4) is 0 Å². The highest BCUT2D eigenvalue weighted by atomic mass is 16.7. The minimum absolute atomic E-state index is 0.0685. The summed E-state index contributed by atoms with van der Waals surface area (Å²) in [6, 6.07) is 0. The summed E-state index contributed by atoms with van der Waals surface area (Å²) in [4.78, 5) is 0. The Balaban J connectivity index is 2.30. The Morgan fingerprint density at radius 2 is 2.33 bits per heavy atom. The van der Waals surface area contributed by atoms with Crippen molar-refractivity contribution in [2.45, 2.75) is 26.2 Å². The molecular weight excluding hydrogens is 116 g/mol. The van der Waals surface area contributed by atoms with Crippen LogP contribution in [0.2, 0.25) is 0 Å². The second-order valence-electron chi connectivity index (χ2n) is 2.43. The standard InChI is InChI=1S/C7H12O2/c1-5(2)7-4-8-6(3)9-7/h1,5-7H,4H2,2-3H3. The first-order chi connectivity index (χ1) is 4.20. The smallest absolute Gasteiger partial charge is 0.155 e. The van der Waals surface area contributed by atoms with Gasteiger partial charge in [-0.2, -0.15) is 0 Å². The van der Waals surface area contributed by atoms with Gasteiger partial charge in [-0.1, -0.05) is 6.92 Å². The maximum absolute atomic E-state index is 5.55. The van der Waals surface area contributed by atoms with Crippen LogP contribution in [0.5, 0.6) is 0 Å². The summed E-state index contributed by atoms with van der Waals surface area (Å²) in [5.41, 5.74) is 0. The lowest BCUT2D eigenvalue weighted by Gasteiger charge is -2.10. The summed E-state index contributed by atoms with van der Waals surface area (Å²) in [7, 11) is 0. The third-order valence-corrected chi connectivity index (χ3v) is 1.45. The van der Waals surface area contributed by atoms with Crippen LogP contribution < -0.4 is 0 Å². The lowest BCUT2D eigenvalue weighted by Crippen LogP contribution is -2.17. The summed E-state index contributed by atoms with van der Waals surface area (Å²) < 4.78 is 10.4. The molecule has 0 aromatic carbocycles. The molecule has 2 heteroatoms. The average Bonchev–Trinajstić information content (AvgIpc) is 2.14. The van der Waals surface area contributed by atoms with Gasteiger partial charge in [0, 0.05) is 0 Å². The van der Waals surface area contributed by atoms with Crippen molar-refractivity contribution in [2.75, 3.05) is 6.61 Å². The van der Waals surface area contributed by atoms with Gasteiger partial charge in [-0.25, -0.2) is 0 Å². The van der Waals surface area contributed by atoms with Crippen molar-refractivity contribution in [3.05, 3.63) is 6.92 Å². The Kier molecular flexibility index (Phi) is 2.09. The third-order valence-electron chi connectivity index (χ3n) is 1.45. The summed E-state index contributed by atoms with van der Waals surface area (Å²) in [5, 5.41) is 0. The first kappa shape index (κ1) is 7.03. The van der Waals surface area contributed by atoms with E-state index in [1.807, 2.05) is 13.8 Å². The van der Waals surface area contributed by atoms with Gasteiger partial charge in [0.1, 0.15) is 0 Å². The molecule has 1 fully saturated rings. The van der Waals surface area contributed by atoms with E-state index in [1.165, 1.54) is 0 Å². The van der Waals surface area contributed by atoms with Gasteiger partial charge in [0.15, 0.2) is 6.29 Å². The Morgan fingerprint density at radius 3 is 2.56 bits per heavy atom. The monoisotopic (exact) mass is 128 g/mol. The molecule has 0 aromatic rings. The zero-order valence-electron chi connectivity index (χ0n) is 5.83. The summed E-state index contributed by atoms with van der Waals surface area (Å²) in [6.45, 7) is 9.99. The van der Waals surface area contributed by atoms with Crippen molar-refractivity contribution in [2.24, 2.45) is 5.92 Å². The molecule has 0 N–H and O–H groups in total. The van der Waals surface area contributed by atoms with Crippen LogP contribution >= 0.6 is 0 Å². The zero-order valence-corrected chi connectivity index (χ0v) is 5.83. The largest absolute Gasteiger partial charge is 0.350 e. The van der Waals surface area contributed by atoms with Crippen molar-refractivity contribution in [1.29, 1.82) is 0 Å². The molecule has 0 spiro atoms. The minimum Gasteiger partial charge on any atom is -0.350 e. The van der Waals surface area contributed by atoms with Crippen LogP contribution in [0.25, 0.3) is 0 Å². The molecule has 1 saturated heterocycles. The van der Waals surface area contributed by atoms with E-state index in [1.54, 1.807) is 0 Å². The van der Waals surface area contributed by atoms with E-state index in [-0.39, 0.29) is 18.3 Å². The van der Waals surface area contributed by atoms with E-state index >= 15 is 0 Å². The van der Waals surface area contributed by atoms with E-state index < -0.39 is 0 Å². The fourth-order valence-electron chi connectivity index (χ4n) is 0.831. The molecule has 3 unspecified atom stereocenters. The normalized spacial score (nSPS) is 36.0. The fourth-order valence-corrected chi connectivity index (χ4v) is 0.831. The second kappa shape index (κ2) is 2.67. The van der Waals surface area contributed by atoms with Gasteiger partial charge in [0.05, 0.1) is 12.7 Å². The van der Waals surface area contributed by atoms with Crippen LogP contribution in [0.15, 0.2) is 0 Å². The fraction of sp³-hybridized carbons (Fsp3) is 0.857. The van der Waals surface area contributed by atoms with E-state index in [0.29, 0.717) is 6.61 Å². The molecule has 1 aliphatic rings. The molecule has 1 aliphatic heterocycles. The summed E-state index contributed by atoms with van der Waals surface area (Å²) in [5.74, 6) is 0.0787. The molecular formula is C7H12O2. The van der Waals surface area contributed by atoms with E-state index in [4.69, 9.17) is 16.4 Å². The Hall–Kier alpha value is -0.0800. The molecule has 2 nitrogen and oxygen atoms in total. The van der Waals surface area contributed by atoms with E-state index in [9.17, 15) is 0 Å². The van der Waals surface area contributed by atoms with Crippen LogP contribution in [0.3, 0.4) is 0 Å². The summed E-state index contributed by atoms with van der Waals surface area (Å²) >= 11 is 0. The van der Waals surface area contributed by atoms with Crippen LogP contribution in [-0.4, -0.2) is 19.0 Å². The van der Waals surface area contributed by atoms with Gasteiger partial charge < -0.3 is 9.47 Å². The predicted octanol–water partition coefficient (Wildman–Crippen LogP) is 1.09. The lowest BCUT2D eigenvalue weighted by atomic mass is 10.1. The highest BCUT2D eigenvalue weighted by Gasteiger charge is 2.24. The predicted molar refractivity (Wildman–Crippen MR) is 33.8 cm³/mol. The van der Waals surface area contributed by atoms with E-state index in [2.05, 4.69) is 0 Å². The first-order valence-corrected chi connectivity index (χ1v) is 3.23. The molecule has 0 aliphatic carbocycles. The maximum atomic E-state index is 5.55. The third kappa shape index (κ3) is 1.66. The molecule has 0 saturated carbocycles. The molecule has 1 rings (SSSR count). The zero-order chi connectivity index (χ0) is 6.85. The number of hydrogen-bond acceptors (Lipinski definition) is 2. The van der Waals surface area contributed by atoms with Crippen LogP contribution in [0.1, 0.15) is 13.8 Å². The SMILES string of the molecule is [CH]C(C)C1COC(C)O1. The topological polar surface area (TPSA) is 18.5 Å². The highest BCUT2D eigenvalue weighted by molar-refractivity contribution is 4.71. The van der Waals surface area contributed by atoms with Gasteiger partial charge in [0.2, 0.25) is 0 Å². The Labute approximate surface area is 56.2 Å². The molecule has 0 bridgehead atoms. The van der Waals surface area contributed by atoms with Crippen LogP contribution in [0, 0.1) is 12.8 Å². The van der Waals surface area contributed by atoms with Gasteiger partial charge >= 0.3 is 0 Å². The van der Waals surface area contributed by atoms with Crippen LogP contribution in [0.4, 0.5) is 0 Å². The highest BCUT2D eigenvalue weighted by Crippen LogP contribution is 2.16. The van der Waals surface area contributed by atoms with Crippen LogP contribution in [-0.2, 0) is 9.47 Å². The molecule has 0 aromatic heterocycles. The maximum Gasteiger partial charge on any atom is 0.155 e. The molecule has 3 atom stereocenters. The number of ether oxygens (including phenoxy) is 2. The Morgan fingerprint density at radius 1 is 1.67 bits per heavy atom. The molecule has 52 valence electrons. The van der Waals surface area contributed by atoms with Gasteiger partial charge in [-0.15, -0.1) is 0 Å². The molecule has 9 heavy (non-hydrogen) atoms. The van der Waals surface area contributed by atoms with Gasteiger partial charge in [-0.05, 0) is 19.8 Å². The van der Waals surface area contributed by atoms with Gasteiger partial charge in [0.25, 0.3) is 0 Å². The average molecular weight is 128 g/mol. The first-order valence-electron chi connectivity index (χ1n) is 3.23. The van der Waals surface area contributed by atoms with Crippen molar-refractivity contribution < 1.29 is 9.47 Å². The van der Waals surface area contributed by atoms with Crippen molar-refractivity contribution >= 4 is 0 Å². The van der Waals surface area contributed by atoms with Gasteiger partial charge in [-0.3, -0.25) is 0 Å². The van der Waals surface area contributed by atoms with Crippen molar-refractivity contribution in [3.63, 3.8) is 0 Å². The number of rotatable bonds is 1. The molecule has 2 radical (unpaired) electrons. The van der Waals surface area contributed by atoms with Crippen molar-refractivity contribution in [1.82, 2.24) is 0 Å². The minimum atomic E-state index is -0.0685.